The molecule has 156 valence electrons. The van der Waals surface area contributed by atoms with Gasteiger partial charge in [-0.05, 0) is 46.0 Å². The van der Waals surface area contributed by atoms with Crippen LogP contribution in [0.15, 0.2) is 52.9 Å². The number of aliphatic hydroxyl groups excluding tert-OH is 1. The summed E-state index contributed by atoms with van der Waals surface area (Å²) in [5.74, 6) is 0. The Labute approximate surface area is 189 Å². The molecule has 4 rings (SSSR count). The molecule has 0 bridgehead atoms. The van der Waals surface area contributed by atoms with Crippen LogP contribution in [-0.4, -0.2) is 17.0 Å². The summed E-state index contributed by atoms with van der Waals surface area (Å²) < 4.78 is 44.9. The van der Waals surface area contributed by atoms with Crippen LogP contribution in [0.1, 0.15) is 23.1 Å². The second-order valence-corrected chi connectivity index (χ2v) is 9.12. The number of rotatable bonds is 3. The fraction of sp³-hybridized carbons (Fsp3) is 0.190. The second-order valence-electron chi connectivity index (χ2n) is 6.86. The predicted octanol–water partition coefficient (Wildman–Crippen LogP) is 7.59. The van der Waals surface area contributed by atoms with Crippen molar-refractivity contribution in [2.75, 3.05) is 0 Å². The fourth-order valence-electron chi connectivity index (χ4n) is 3.59. The highest BCUT2D eigenvalue weighted by Gasteiger charge is 2.60. The molecule has 1 aliphatic heterocycles. The maximum absolute atomic E-state index is 14.3. The van der Waals surface area contributed by atoms with Gasteiger partial charge in [0.1, 0.15) is 0 Å². The molecule has 2 nitrogen and oxygen atoms in total. The van der Waals surface area contributed by atoms with Crippen LogP contribution in [0, 0.1) is 0 Å². The molecule has 30 heavy (non-hydrogen) atoms. The molecule has 0 spiro atoms. The predicted molar refractivity (Wildman–Crippen MR) is 118 cm³/mol. The van der Waals surface area contributed by atoms with Crippen molar-refractivity contribution < 1.29 is 18.3 Å². The molecule has 0 fully saturated rings. The zero-order chi connectivity index (χ0) is 21.7. The van der Waals surface area contributed by atoms with Crippen molar-refractivity contribution >= 4 is 63.2 Å². The first-order valence-electron chi connectivity index (χ1n) is 8.76. The Bertz CT molecular complexity index is 1160. The highest BCUT2D eigenvalue weighted by atomic mass is 35.5. The number of halogens is 6. The largest absolute Gasteiger partial charge is 0.409 e. The van der Waals surface area contributed by atoms with Crippen molar-refractivity contribution in [2.24, 2.45) is 4.40 Å². The van der Waals surface area contributed by atoms with Gasteiger partial charge in [-0.15, -0.1) is 0 Å². The lowest BCUT2D eigenvalue weighted by Gasteiger charge is -2.30. The summed E-state index contributed by atoms with van der Waals surface area (Å²) in [6.45, 7) is -0.170. The molecule has 1 heterocycles. The standard InChI is InChI=1S/C21H13Cl3F3NOS/c22-16-7-12(8-17(23)19(16)24)20(21(25,26)27)9-18(28-30-20)15-6-5-11(10-29)13-3-1-2-4-14(13)15/h1-8,29H,9-10H2. The normalized spacial score (nSPS) is 19.4. The first kappa shape index (κ1) is 21.8. The summed E-state index contributed by atoms with van der Waals surface area (Å²) in [4.78, 5) is 0. The number of hydrogen-bond donors (Lipinski definition) is 1. The van der Waals surface area contributed by atoms with Crippen LogP contribution in [0.2, 0.25) is 15.1 Å². The Balaban J connectivity index is 1.84. The Morgan fingerprint density at radius 3 is 2.23 bits per heavy atom. The molecule has 9 heteroatoms. The van der Waals surface area contributed by atoms with E-state index >= 15 is 0 Å². The van der Waals surface area contributed by atoms with Gasteiger partial charge in [-0.3, -0.25) is 0 Å². The summed E-state index contributed by atoms with van der Waals surface area (Å²) >= 11 is 18.4. The third kappa shape index (κ3) is 3.49. The van der Waals surface area contributed by atoms with Crippen LogP contribution in [0.5, 0.6) is 0 Å². The van der Waals surface area contributed by atoms with Crippen molar-refractivity contribution in [2.45, 2.75) is 24.0 Å². The zero-order valence-corrected chi connectivity index (χ0v) is 18.2. The number of benzene rings is 3. The van der Waals surface area contributed by atoms with Gasteiger partial charge in [-0.1, -0.05) is 71.2 Å². The molecule has 3 aromatic rings. The number of aliphatic hydroxyl groups is 1. The van der Waals surface area contributed by atoms with Crippen molar-refractivity contribution in [1.82, 2.24) is 0 Å². The summed E-state index contributed by atoms with van der Waals surface area (Å²) in [5.41, 5.74) is 1.49. The Hall–Kier alpha value is -1.44. The fourth-order valence-corrected chi connectivity index (χ4v) is 5.14. The molecule has 0 saturated heterocycles. The van der Waals surface area contributed by atoms with Gasteiger partial charge in [0.2, 0.25) is 0 Å². The van der Waals surface area contributed by atoms with Gasteiger partial charge < -0.3 is 5.11 Å². The maximum atomic E-state index is 14.3. The van der Waals surface area contributed by atoms with Gasteiger partial charge in [0.15, 0.2) is 4.75 Å². The Kier molecular flexibility index (Phi) is 5.75. The molecule has 1 aliphatic rings. The maximum Gasteiger partial charge on any atom is 0.409 e. The summed E-state index contributed by atoms with van der Waals surface area (Å²) in [5, 5.41) is 11.0. The SMILES string of the molecule is OCc1ccc(C2=NSC(c3cc(Cl)c(Cl)c(Cl)c3)(C(F)(F)F)C2)c2ccccc12. The van der Waals surface area contributed by atoms with Gasteiger partial charge in [0.25, 0.3) is 0 Å². The van der Waals surface area contributed by atoms with Crippen LogP contribution >= 0.6 is 46.8 Å². The van der Waals surface area contributed by atoms with E-state index in [1.165, 1.54) is 12.1 Å². The highest BCUT2D eigenvalue weighted by Crippen LogP contribution is 2.57. The van der Waals surface area contributed by atoms with Crippen molar-refractivity contribution in [3.8, 4) is 0 Å². The van der Waals surface area contributed by atoms with E-state index < -0.39 is 17.3 Å². The summed E-state index contributed by atoms with van der Waals surface area (Å²) in [6.07, 6.45) is -5.01. The molecular weight excluding hydrogens is 478 g/mol. The summed E-state index contributed by atoms with van der Waals surface area (Å²) in [6, 6.07) is 13.0. The average Bonchev–Trinajstić information content (AvgIpc) is 3.17. The smallest absolute Gasteiger partial charge is 0.392 e. The van der Waals surface area contributed by atoms with E-state index in [0.717, 1.165) is 10.8 Å². The molecule has 0 aromatic heterocycles. The third-order valence-corrected chi connectivity index (χ3v) is 7.56. The van der Waals surface area contributed by atoms with E-state index in [4.69, 9.17) is 34.8 Å². The molecule has 3 aromatic carbocycles. The minimum absolute atomic E-state index is 0.00846. The zero-order valence-electron chi connectivity index (χ0n) is 15.1. The number of fused-ring (bicyclic) bond motifs is 1. The molecule has 0 amide bonds. The van der Waals surface area contributed by atoms with E-state index in [-0.39, 0.29) is 27.2 Å². The Morgan fingerprint density at radius 2 is 1.63 bits per heavy atom. The lowest BCUT2D eigenvalue weighted by atomic mass is 9.87. The van der Waals surface area contributed by atoms with Gasteiger partial charge >= 0.3 is 6.18 Å². The van der Waals surface area contributed by atoms with Crippen molar-refractivity contribution in [1.29, 1.82) is 0 Å². The average molecular weight is 491 g/mol. The minimum Gasteiger partial charge on any atom is -0.392 e. The van der Waals surface area contributed by atoms with Gasteiger partial charge in [-0.25, -0.2) is 4.40 Å². The lowest BCUT2D eigenvalue weighted by Crippen LogP contribution is -2.38. The van der Waals surface area contributed by atoms with Gasteiger partial charge in [0.05, 0.1) is 27.4 Å². The van der Waals surface area contributed by atoms with Crippen LogP contribution in [0.4, 0.5) is 13.2 Å². The molecular formula is C21H13Cl3F3NOS. The van der Waals surface area contributed by atoms with Crippen molar-refractivity contribution in [3.05, 3.63) is 80.3 Å². The molecule has 0 aliphatic carbocycles. The third-order valence-electron chi connectivity index (χ3n) is 5.13. The lowest BCUT2D eigenvalue weighted by molar-refractivity contribution is -0.159. The van der Waals surface area contributed by atoms with E-state index in [2.05, 4.69) is 4.40 Å². The van der Waals surface area contributed by atoms with Crippen molar-refractivity contribution in [3.63, 3.8) is 0 Å². The number of alkyl halides is 3. The summed E-state index contributed by atoms with van der Waals surface area (Å²) in [7, 11) is 0. The molecule has 1 atom stereocenters. The number of nitrogens with zero attached hydrogens (tertiary/aromatic N) is 1. The first-order chi connectivity index (χ1) is 14.2. The minimum atomic E-state index is -4.62. The Morgan fingerprint density at radius 1 is 1.00 bits per heavy atom. The molecule has 0 radical (unpaired) electrons. The monoisotopic (exact) mass is 489 g/mol. The van der Waals surface area contributed by atoms with Gasteiger partial charge in [0, 0.05) is 12.0 Å². The van der Waals surface area contributed by atoms with E-state index in [9.17, 15) is 18.3 Å². The van der Waals surface area contributed by atoms with Crippen LogP contribution in [-0.2, 0) is 11.4 Å². The molecule has 1 unspecified atom stereocenters. The van der Waals surface area contributed by atoms with Crippen LogP contribution < -0.4 is 0 Å². The molecule has 0 saturated carbocycles. The van der Waals surface area contributed by atoms with E-state index in [1.54, 1.807) is 24.3 Å². The van der Waals surface area contributed by atoms with Gasteiger partial charge in [-0.2, -0.15) is 13.2 Å². The first-order valence-corrected chi connectivity index (χ1v) is 10.7. The quantitative estimate of drug-likeness (QED) is 0.303. The van der Waals surface area contributed by atoms with Crippen LogP contribution in [0.3, 0.4) is 0 Å². The topological polar surface area (TPSA) is 32.6 Å². The molecule has 1 N–H and O–H groups in total. The van der Waals surface area contributed by atoms with E-state index in [1.807, 2.05) is 12.1 Å². The second kappa shape index (κ2) is 7.92. The van der Waals surface area contributed by atoms with E-state index in [0.29, 0.717) is 28.8 Å². The highest BCUT2D eigenvalue weighted by molar-refractivity contribution is 7.99. The van der Waals surface area contributed by atoms with Crippen LogP contribution in [0.25, 0.3) is 10.8 Å². The number of hydrogen-bond acceptors (Lipinski definition) is 3.